The first kappa shape index (κ1) is 15.0. The molecular formula is C16H33N. The zero-order valence-corrected chi connectivity index (χ0v) is 12.1. The molecule has 1 rings (SSSR count). The van der Waals surface area contributed by atoms with Crippen LogP contribution in [0.1, 0.15) is 84.5 Å². The number of unbranched alkanes of at least 4 members (excludes halogenated alkanes) is 4. The van der Waals surface area contributed by atoms with Crippen molar-refractivity contribution >= 4 is 0 Å². The van der Waals surface area contributed by atoms with Crippen molar-refractivity contribution in [3.63, 3.8) is 0 Å². The van der Waals surface area contributed by atoms with Crippen molar-refractivity contribution in [2.45, 2.75) is 90.5 Å². The van der Waals surface area contributed by atoms with Gasteiger partial charge >= 0.3 is 0 Å². The van der Waals surface area contributed by atoms with E-state index in [1.165, 1.54) is 70.6 Å². The van der Waals surface area contributed by atoms with Crippen molar-refractivity contribution in [2.24, 2.45) is 17.6 Å². The Morgan fingerprint density at radius 1 is 0.882 bits per heavy atom. The fraction of sp³-hybridized carbons (Fsp3) is 1.00. The van der Waals surface area contributed by atoms with Gasteiger partial charge in [-0.3, -0.25) is 0 Å². The summed E-state index contributed by atoms with van der Waals surface area (Å²) in [5.41, 5.74) is 6.36. The Morgan fingerprint density at radius 2 is 1.53 bits per heavy atom. The molecule has 102 valence electrons. The van der Waals surface area contributed by atoms with Crippen molar-refractivity contribution < 1.29 is 0 Å². The van der Waals surface area contributed by atoms with Gasteiger partial charge in [-0.2, -0.15) is 0 Å². The second-order valence-corrected chi connectivity index (χ2v) is 6.01. The van der Waals surface area contributed by atoms with Gasteiger partial charge in [-0.1, -0.05) is 71.6 Å². The van der Waals surface area contributed by atoms with Gasteiger partial charge in [-0.05, 0) is 24.7 Å². The highest BCUT2D eigenvalue weighted by Crippen LogP contribution is 2.36. The van der Waals surface area contributed by atoms with Crippen LogP contribution in [0.15, 0.2) is 0 Å². The van der Waals surface area contributed by atoms with Gasteiger partial charge in [0.05, 0.1) is 0 Å². The summed E-state index contributed by atoms with van der Waals surface area (Å²) in [5, 5.41) is 0. The molecule has 0 aromatic heterocycles. The van der Waals surface area contributed by atoms with Crippen LogP contribution in [0, 0.1) is 11.8 Å². The summed E-state index contributed by atoms with van der Waals surface area (Å²) in [6.07, 6.45) is 15.3. The summed E-state index contributed by atoms with van der Waals surface area (Å²) in [4.78, 5) is 0. The van der Waals surface area contributed by atoms with E-state index in [1.807, 2.05) is 0 Å². The van der Waals surface area contributed by atoms with Crippen molar-refractivity contribution in [3.05, 3.63) is 0 Å². The fourth-order valence-electron chi connectivity index (χ4n) is 3.49. The third-order valence-corrected chi connectivity index (χ3v) is 4.59. The van der Waals surface area contributed by atoms with Gasteiger partial charge in [-0.15, -0.1) is 0 Å². The van der Waals surface area contributed by atoms with Gasteiger partial charge in [0.15, 0.2) is 0 Å². The van der Waals surface area contributed by atoms with Gasteiger partial charge < -0.3 is 5.73 Å². The van der Waals surface area contributed by atoms with Gasteiger partial charge in [-0.25, -0.2) is 0 Å². The lowest BCUT2D eigenvalue weighted by Crippen LogP contribution is -2.38. The highest BCUT2D eigenvalue weighted by Gasteiger charge is 2.29. The van der Waals surface area contributed by atoms with Crippen LogP contribution in [0.4, 0.5) is 0 Å². The van der Waals surface area contributed by atoms with E-state index in [4.69, 9.17) is 5.73 Å². The first-order valence-corrected chi connectivity index (χ1v) is 8.05. The van der Waals surface area contributed by atoms with Crippen LogP contribution >= 0.6 is 0 Å². The molecule has 1 saturated carbocycles. The van der Waals surface area contributed by atoms with Crippen LogP contribution in [0.3, 0.4) is 0 Å². The van der Waals surface area contributed by atoms with E-state index in [0.29, 0.717) is 6.04 Å². The van der Waals surface area contributed by atoms with E-state index < -0.39 is 0 Å². The molecule has 0 aliphatic heterocycles. The molecule has 17 heavy (non-hydrogen) atoms. The van der Waals surface area contributed by atoms with Crippen LogP contribution in [-0.4, -0.2) is 6.04 Å². The lowest BCUT2D eigenvalue weighted by atomic mass is 9.72. The lowest BCUT2D eigenvalue weighted by molar-refractivity contribution is 0.175. The minimum absolute atomic E-state index is 0.507. The molecule has 0 aromatic rings. The third-order valence-electron chi connectivity index (χ3n) is 4.59. The second-order valence-electron chi connectivity index (χ2n) is 6.01. The molecule has 0 radical (unpaired) electrons. The van der Waals surface area contributed by atoms with Gasteiger partial charge in [0.25, 0.3) is 0 Å². The van der Waals surface area contributed by atoms with Gasteiger partial charge in [0.1, 0.15) is 0 Å². The van der Waals surface area contributed by atoms with Crippen molar-refractivity contribution in [1.82, 2.24) is 0 Å². The van der Waals surface area contributed by atoms with Crippen LogP contribution < -0.4 is 5.73 Å². The molecule has 2 N–H and O–H groups in total. The largest absolute Gasteiger partial charge is 0.327 e. The molecule has 1 nitrogen and oxygen atoms in total. The van der Waals surface area contributed by atoms with Crippen molar-refractivity contribution in [3.8, 4) is 0 Å². The summed E-state index contributed by atoms with van der Waals surface area (Å²) in [7, 11) is 0. The molecule has 3 atom stereocenters. The minimum Gasteiger partial charge on any atom is -0.327 e. The molecular weight excluding hydrogens is 206 g/mol. The Balaban J connectivity index is 2.34. The Bertz CT molecular complexity index is 178. The molecule has 0 saturated heterocycles. The SMILES string of the molecule is CCCCCC1CCCC(N)C1CCCCC. The lowest BCUT2D eigenvalue weighted by Gasteiger charge is -2.36. The van der Waals surface area contributed by atoms with Crippen LogP contribution in [0.25, 0.3) is 0 Å². The monoisotopic (exact) mass is 239 g/mol. The average Bonchev–Trinajstić information content (AvgIpc) is 2.33. The number of rotatable bonds is 8. The predicted octanol–water partition coefficient (Wildman–Crippen LogP) is 4.89. The Morgan fingerprint density at radius 3 is 2.18 bits per heavy atom. The maximum absolute atomic E-state index is 6.36. The van der Waals surface area contributed by atoms with Crippen LogP contribution in [0.2, 0.25) is 0 Å². The van der Waals surface area contributed by atoms with E-state index in [2.05, 4.69) is 13.8 Å². The highest BCUT2D eigenvalue weighted by atomic mass is 14.7. The summed E-state index contributed by atoms with van der Waals surface area (Å²) >= 11 is 0. The second kappa shape index (κ2) is 8.97. The molecule has 3 unspecified atom stereocenters. The zero-order valence-electron chi connectivity index (χ0n) is 12.1. The predicted molar refractivity (Wildman–Crippen MR) is 77.1 cm³/mol. The number of nitrogens with two attached hydrogens (primary N) is 1. The summed E-state index contributed by atoms with van der Waals surface area (Å²) in [6.45, 7) is 4.59. The Kier molecular flexibility index (Phi) is 7.92. The number of hydrogen-bond donors (Lipinski definition) is 1. The first-order chi connectivity index (χ1) is 8.29. The van der Waals surface area contributed by atoms with E-state index >= 15 is 0 Å². The summed E-state index contributed by atoms with van der Waals surface area (Å²) in [6, 6.07) is 0.507. The summed E-state index contributed by atoms with van der Waals surface area (Å²) in [5.74, 6) is 1.79. The molecule has 0 aromatic carbocycles. The quantitative estimate of drug-likeness (QED) is 0.600. The maximum Gasteiger partial charge on any atom is 0.00698 e. The topological polar surface area (TPSA) is 26.0 Å². The van der Waals surface area contributed by atoms with Crippen LogP contribution in [-0.2, 0) is 0 Å². The minimum atomic E-state index is 0.507. The molecule has 1 aliphatic rings. The zero-order chi connectivity index (χ0) is 12.5. The molecule has 0 bridgehead atoms. The molecule has 0 amide bonds. The standard InChI is InChI=1S/C16H33N/c1-3-5-7-10-14-11-9-13-16(17)15(14)12-8-6-4-2/h14-16H,3-13,17H2,1-2H3. The number of hydrogen-bond acceptors (Lipinski definition) is 1. The molecule has 1 fully saturated rings. The highest BCUT2D eigenvalue weighted by molar-refractivity contribution is 4.84. The van der Waals surface area contributed by atoms with E-state index in [0.717, 1.165) is 11.8 Å². The Hall–Kier alpha value is -0.0400. The van der Waals surface area contributed by atoms with Gasteiger partial charge in [0, 0.05) is 6.04 Å². The van der Waals surface area contributed by atoms with Crippen molar-refractivity contribution in [2.75, 3.05) is 0 Å². The summed E-state index contributed by atoms with van der Waals surface area (Å²) < 4.78 is 0. The fourth-order valence-corrected chi connectivity index (χ4v) is 3.49. The smallest absolute Gasteiger partial charge is 0.00698 e. The normalized spacial score (nSPS) is 29.5. The molecule has 0 spiro atoms. The molecule has 0 heterocycles. The third kappa shape index (κ3) is 5.42. The van der Waals surface area contributed by atoms with E-state index in [1.54, 1.807) is 0 Å². The van der Waals surface area contributed by atoms with Gasteiger partial charge in [0.2, 0.25) is 0 Å². The van der Waals surface area contributed by atoms with Crippen LogP contribution in [0.5, 0.6) is 0 Å². The average molecular weight is 239 g/mol. The van der Waals surface area contributed by atoms with Crippen molar-refractivity contribution in [1.29, 1.82) is 0 Å². The molecule has 1 aliphatic carbocycles. The molecule has 1 heteroatoms. The Labute approximate surface area is 109 Å². The van der Waals surface area contributed by atoms with E-state index in [9.17, 15) is 0 Å². The first-order valence-electron chi connectivity index (χ1n) is 8.05. The van der Waals surface area contributed by atoms with E-state index in [-0.39, 0.29) is 0 Å². The maximum atomic E-state index is 6.36.